The van der Waals surface area contributed by atoms with Crippen LogP contribution in [0.1, 0.15) is 49.8 Å². The van der Waals surface area contributed by atoms with E-state index in [0.717, 1.165) is 11.6 Å². The highest BCUT2D eigenvalue weighted by Crippen LogP contribution is 2.42. The first-order valence-corrected chi connectivity index (χ1v) is 15.9. The molecule has 3 heterocycles. The van der Waals surface area contributed by atoms with Crippen molar-refractivity contribution in [3.05, 3.63) is 63.5 Å². The highest BCUT2D eigenvalue weighted by atomic mass is 32.1. The van der Waals surface area contributed by atoms with Gasteiger partial charge in [0.1, 0.15) is 16.4 Å². The Bertz CT molecular complexity index is 1920. The van der Waals surface area contributed by atoms with E-state index in [0.29, 0.717) is 17.9 Å². The van der Waals surface area contributed by atoms with E-state index >= 15 is 0 Å². The van der Waals surface area contributed by atoms with Crippen molar-refractivity contribution in [2.45, 2.75) is 39.9 Å². The molecule has 0 radical (unpaired) electrons. The molecule has 1 aromatic carbocycles. The average Bonchev–Trinajstić information content (AvgIpc) is 3.44. The van der Waals surface area contributed by atoms with Crippen molar-refractivity contribution in [3.8, 4) is 21.7 Å². The van der Waals surface area contributed by atoms with Gasteiger partial charge < -0.3 is 24.8 Å². The smallest absolute Gasteiger partial charge is 0.469 e. The van der Waals surface area contributed by atoms with Crippen LogP contribution in [0.4, 0.5) is 23.8 Å². The van der Waals surface area contributed by atoms with E-state index in [9.17, 15) is 47.0 Å². The zero-order valence-electron chi connectivity index (χ0n) is 24.7. The lowest BCUT2D eigenvalue weighted by molar-refractivity contribution is -0.140. The van der Waals surface area contributed by atoms with Crippen LogP contribution in [0.3, 0.4) is 0 Å². The van der Waals surface area contributed by atoms with Crippen molar-refractivity contribution in [1.29, 1.82) is 0 Å². The number of alkyl halides is 3. The summed E-state index contributed by atoms with van der Waals surface area (Å²) in [6.07, 6.45) is -2.37. The number of carbonyl (C=O) groups excluding carboxylic acids is 1. The molecular weight excluding hydrogens is 654 g/mol. The minimum atomic E-state index is -4.92. The number of aromatic nitrogens is 3. The molecule has 46 heavy (non-hydrogen) atoms. The number of thiazole rings is 1. The van der Waals surface area contributed by atoms with Gasteiger partial charge in [-0.25, -0.2) is 24.1 Å². The van der Waals surface area contributed by atoms with E-state index in [2.05, 4.69) is 20.6 Å². The molecular formula is C28H29F3N5O8PS. The van der Waals surface area contributed by atoms with E-state index in [1.807, 2.05) is 0 Å². The zero-order chi connectivity index (χ0) is 34.2. The fourth-order valence-electron chi connectivity index (χ4n) is 4.63. The first-order chi connectivity index (χ1) is 21.3. The molecule has 246 valence electrons. The molecule has 0 aliphatic carbocycles. The molecule has 0 bridgehead atoms. The number of phosphoric ester groups is 1. The number of hydrogen-bond acceptors (Lipinski definition) is 8. The number of nitrogens with one attached hydrogen (secondary N) is 2. The fourth-order valence-corrected chi connectivity index (χ4v) is 5.82. The molecule has 1 atom stereocenters. The first kappa shape index (κ1) is 34.7. The number of pyridine rings is 2. The van der Waals surface area contributed by atoms with Gasteiger partial charge in [0.15, 0.2) is 5.69 Å². The number of urea groups is 1. The van der Waals surface area contributed by atoms with Gasteiger partial charge in [0.05, 0.1) is 18.2 Å². The topological polar surface area (TPSA) is 193 Å². The van der Waals surface area contributed by atoms with E-state index < -0.39 is 60.7 Å². The first-order valence-electron chi connectivity index (χ1n) is 13.5. The van der Waals surface area contributed by atoms with Gasteiger partial charge in [0, 0.05) is 40.8 Å². The Labute approximate surface area is 263 Å². The maximum absolute atomic E-state index is 13.4. The van der Waals surface area contributed by atoms with Crippen LogP contribution in [0, 0.1) is 5.41 Å². The summed E-state index contributed by atoms with van der Waals surface area (Å²) < 4.78 is 58.0. The van der Waals surface area contributed by atoms with Gasteiger partial charge in [-0.1, -0.05) is 26.8 Å². The second-order valence-electron chi connectivity index (χ2n) is 11.1. The number of carboxylic acids is 1. The number of aromatic carboxylic acids is 1. The summed E-state index contributed by atoms with van der Waals surface area (Å²) in [4.78, 5) is 64.3. The normalized spacial score (nSPS) is 13.1. The van der Waals surface area contributed by atoms with Crippen LogP contribution in [-0.4, -0.2) is 54.6 Å². The fraction of sp³-hybridized carbons (Fsp3) is 0.321. The molecule has 3 aromatic heterocycles. The monoisotopic (exact) mass is 683 g/mol. The van der Waals surface area contributed by atoms with Crippen LogP contribution in [-0.2, 0) is 15.3 Å². The molecule has 0 spiro atoms. The summed E-state index contributed by atoms with van der Waals surface area (Å²) in [5, 5.41) is 15.5. The predicted molar refractivity (Wildman–Crippen MR) is 164 cm³/mol. The lowest BCUT2D eigenvalue weighted by Crippen LogP contribution is -2.31. The number of amides is 2. The molecule has 0 saturated carbocycles. The second-order valence-corrected chi connectivity index (χ2v) is 13.2. The highest BCUT2D eigenvalue weighted by molar-refractivity contribution is 7.46. The summed E-state index contributed by atoms with van der Waals surface area (Å²) in [6, 6.07) is 4.20. The maximum Gasteiger partial charge on any atom is 0.469 e. The number of halogens is 3. The minimum absolute atomic E-state index is 0.00263. The molecule has 4 aromatic rings. The van der Waals surface area contributed by atoms with Gasteiger partial charge >= 0.3 is 26.0 Å². The number of carbonyl (C=O) groups is 2. The molecule has 2 amide bonds. The van der Waals surface area contributed by atoms with Gasteiger partial charge in [0.25, 0.3) is 0 Å². The summed E-state index contributed by atoms with van der Waals surface area (Å²) in [7, 11) is -4.92. The number of anilines is 1. The Morgan fingerprint density at radius 3 is 2.41 bits per heavy atom. The third kappa shape index (κ3) is 7.79. The maximum atomic E-state index is 13.4. The quantitative estimate of drug-likeness (QED) is 0.136. The summed E-state index contributed by atoms with van der Waals surface area (Å²) in [5.41, 5.74) is -2.59. The van der Waals surface area contributed by atoms with Crippen LogP contribution < -0.4 is 16.1 Å². The Morgan fingerprint density at radius 1 is 1.15 bits per heavy atom. The number of fused-ring (bicyclic) bond motifs is 1. The van der Waals surface area contributed by atoms with Crippen molar-refractivity contribution < 1.29 is 46.7 Å². The van der Waals surface area contributed by atoms with Crippen molar-refractivity contribution in [3.63, 3.8) is 0 Å². The average molecular weight is 684 g/mol. The summed E-state index contributed by atoms with van der Waals surface area (Å²) in [5.74, 6) is -1.55. The molecule has 0 fully saturated rings. The van der Waals surface area contributed by atoms with Gasteiger partial charge in [-0.3, -0.25) is 14.6 Å². The van der Waals surface area contributed by atoms with Gasteiger partial charge in [-0.05, 0) is 36.1 Å². The Balaban J connectivity index is 1.97. The second kappa shape index (κ2) is 12.9. The molecule has 0 saturated heterocycles. The Kier molecular flexibility index (Phi) is 9.75. The van der Waals surface area contributed by atoms with Crippen LogP contribution in [0.5, 0.6) is 0 Å². The third-order valence-electron chi connectivity index (χ3n) is 6.82. The largest absolute Gasteiger partial charge is 0.477 e. The number of nitrogens with zero attached hydrogens (tertiary/aromatic N) is 3. The molecule has 18 heteroatoms. The summed E-state index contributed by atoms with van der Waals surface area (Å²) in [6.45, 7) is 6.65. The van der Waals surface area contributed by atoms with Gasteiger partial charge in [-0.2, -0.15) is 13.2 Å². The van der Waals surface area contributed by atoms with Crippen LogP contribution in [0.15, 0.2) is 46.8 Å². The Morgan fingerprint density at radius 2 is 1.85 bits per heavy atom. The van der Waals surface area contributed by atoms with Crippen LogP contribution in [0.2, 0.25) is 0 Å². The van der Waals surface area contributed by atoms with Crippen LogP contribution in [0.25, 0.3) is 32.6 Å². The lowest BCUT2D eigenvalue weighted by atomic mass is 9.86. The molecule has 4 rings (SSSR count). The predicted octanol–water partition coefficient (Wildman–Crippen LogP) is 5.74. The number of hydrogen-bond donors (Lipinski definition) is 5. The molecule has 0 aliphatic rings. The standard InChI is InChI=1S/C28H29F3N5O8PS/c1-5-32-26(40)35-22-9-15(24-34-20(13-46-24)28(29,30)31)17(10-33-22)14-6-7-19-16(8-14)23(37)18(25(38)39)11-36(19)21(27(2,3)4)12-44-45(41,42)43/h6-11,13,21H,5,12H2,1-4H3,(H,38,39)(H2,41,42,43)(H2,32,33,35,40)/t21-/m0/s1. The van der Waals surface area contributed by atoms with Crippen molar-refractivity contribution in [2.75, 3.05) is 18.5 Å². The zero-order valence-corrected chi connectivity index (χ0v) is 26.5. The minimum Gasteiger partial charge on any atom is -0.477 e. The van der Waals surface area contributed by atoms with E-state index in [4.69, 9.17) is 4.52 Å². The highest BCUT2D eigenvalue weighted by Gasteiger charge is 2.34. The number of benzene rings is 1. The SMILES string of the molecule is CCNC(=O)Nc1cc(-c2nc(C(F)(F)F)cs2)c(-c2ccc3c(c2)c(=O)c(C(=O)O)cn3[C@@H](COP(=O)(O)O)C(C)(C)C)cn1. The van der Waals surface area contributed by atoms with Crippen molar-refractivity contribution in [1.82, 2.24) is 19.9 Å². The molecule has 5 N–H and O–H groups in total. The molecule has 13 nitrogen and oxygen atoms in total. The van der Waals surface area contributed by atoms with E-state index in [-0.39, 0.29) is 38.4 Å². The van der Waals surface area contributed by atoms with E-state index in [1.165, 1.54) is 35.0 Å². The third-order valence-corrected chi connectivity index (χ3v) is 8.18. The van der Waals surface area contributed by atoms with Gasteiger partial charge in [-0.15, -0.1) is 11.3 Å². The van der Waals surface area contributed by atoms with Gasteiger partial charge in [0.2, 0.25) is 5.43 Å². The lowest BCUT2D eigenvalue weighted by Gasteiger charge is -2.34. The van der Waals surface area contributed by atoms with Crippen LogP contribution >= 0.6 is 19.2 Å². The summed E-state index contributed by atoms with van der Waals surface area (Å²) >= 11 is 0.697. The van der Waals surface area contributed by atoms with Crippen molar-refractivity contribution in [2.24, 2.45) is 5.41 Å². The van der Waals surface area contributed by atoms with E-state index in [1.54, 1.807) is 27.7 Å². The number of phosphoric acid groups is 1. The molecule has 0 aliphatic heterocycles. The number of carboxylic acid groups (broad SMARTS) is 1. The number of rotatable bonds is 9. The molecule has 0 unspecified atom stereocenters. The van der Waals surface area contributed by atoms with Crippen molar-refractivity contribution >= 4 is 47.9 Å². The Hall–Kier alpha value is -4.15.